The summed E-state index contributed by atoms with van der Waals surface area (Å²) in [5, 5.41) is 14.9. The Morgan fingerprint density at radius 2 is 2.32 bits per heavy atom. The lowest BCUT2D eigenvalue weighted by Gasteiger charge is -2.15. The zero-order valence-electron chi connectivity index (χ0n) is 11.8. The van der Waals surface area contributed by atoms with Gasteiger partial charge in [0.05, 0.1) is 17.3 Å². The first kappa shape index (κ1) is 14.5. The Bertz CT molecular complexity index is 749. The molecule has 3 rings (SSSR count). The number of fused-ring (bicyclic) bond motifs is 1. The summed E-state index contributed by atoms with van der Waals surface area (Å²) in [6, 6.07) is 8.59. The van der Waals surface area contributed by atoms with Crippen molar-refractivity contribution < 1.29 is 4.79 Å². The Labute approximate surface area is 132 Å². The highest BCUT2D eigenvalue weighted by Crippen LogP contribution is 2.29. The predicted octanol–water partition coefficient (Wildman–Crippen LogP) is 2.47. The molecule has 2 aromatic rings. The first-order valence-corrected chi connectivity index (χ1v) is 7.78. The third-order valence-corrected chi connectivity index (χ3v) is 4.48. The fourth-order valence-corrected chi connectivity index (χ4v) is 3.48. The lowest BCUT2D eigenvalue weighted by molar-refractivity contribution is 0.262. The lowest BCUT2D eigenvalue weighted by atomic mass is 9.99. The van der Waals surface area contributed by atoms with Crippen molar-refractivity contribution in [3.63, 3.8) is 0 Å². The Balaban J connectivity index is 1.66. The van der Waals surface area contributed by atoms with Crippen molar-refractivity contribution >= 4 is 28.2 Å². The summed E-state index contributed by atoms with van der Waals surface area (Å²) in [6.45, 7) is 0. The Morgan fingerprint density at radius 1 is 1.45 bits per heavy atom. The SMILES string of the molecule is N#Cc1cccc(NC(=O)Nc2nc3c(s2)CC(N)CC3)c1. The molecule has 1 aliphatic rings. The van der Waals surface area contributed by atoms with Gasteiger partial charge >= 0.3 is 6.03 Å². The van der Waals surface area contributed by atoms with Crippen LogP contribution in [0, 0.1) is 11.3 Å². The van der Waals surface area contributed by atoms with Crippen LogP contribution in [-0.2, 0) is 12.8 Å². The van der Waals surface area contributed by atoms with Gasteiger partial charge in [-0.25, -0.2) is 9.78 Å². The van der Waals surface area contributed by atoms with Crippen LogP contribution in [0.5, 0.6) is 0 Å². The van der Waals surface area contributed by atoms with E-state index in [0.29, 0.717) is 16.4 Å². The van der Waals surface area contributed by atoms with Crippen LogP contribution in [0.25, 0.3) is 0 Å². The van der Waals surface area contributed by atoms with E-state index >= 15 is 0 Å². The van der Waals surface area contributed by atoms with Crippen LogP contribution < -0.4 is 16.4 Å². The number of aryl methyl sites for hydroxylation is 1. The molecule has 0 radical (unpaired) electrons. The number of carbonyl (C=O) groups is 1. The second-order valence-electron chi connectivity index (χ2n) is 5.16. The van der Waals surface area contributed by atoms with E-state index in [2.05, 4.69) is 15.6 Å². The molecular formula is C15H15N5OS. The fraction of sp³-hybridized carbons (Fsp3) is 0.267. The topological polar surface area (TPSA) is 104 Å². The molecule has 7 heteroatoms. The van der Waals surface area contributed by atoms with Gasteiger partial charge in [0.15, 0.2) is 5.13 Å². The average molecular weight is 313 g/mol. The van der Waals surface area contributed by atoms with E-state index in [1.807, 2.05) is 6.07 Å². The quantitative estimate of drug-likeness (QED) is 0.792. The predicted molar refractivity (Wildman–Crippen MR) is 85.9 cm³/mol. The summed E-state index contributed by atoms with van der Waals surface area (Å²) < 4.78 is 0. The number of hydrogen-bond acceptors (Lipinski definition) is 5. The standard InChI is InChI=1S/C15H15N5OS/c16-8-9-2-1-3-11(6-9)18-14(21)20-15-19-12-5-4-10(17)7-13(12)22-15/h1-3,6,10H,4-5,7,17H2,(H2,18,19,20,21). The minimum Gasteiger partial charge on any atom is -0.327 e. The molecule has 1 aromatic carbocycles. The zero-order chi connectivity index (χ0) is 15.5. The number of anilines is 2. The molecule has 4 N–H and O–H groups in total. The summed E-state index contributed by atoms with van der Waals surface area (Å²) in [4.78, 5) is 17.6. The van der Waals surface area contributed by atoms with Crippen LogP contribution in [-0.4, -0.2) is 17.1 Å². The van der Waals surface area contributed by atoms with Gasteiger partial charge in [-0.2, -0.15) is 5.26 Å². The maximum atomic E-state index is 12.0. The summed E-state index contributed by atoms with van der Waals surface area (Å²) in [7, 11) is 0. The van der Waals surface area contributed by atoms with Crippen LogP contribution in [0.2, 0.25) is 0 Å². The van der Waals surface area contributed by atoms with E-state index in [0.717, 1.165) is 29.8 Å². The van der Waals surface area contributed by atoms with Gasteiger partial charge in [0.25, 0.3) is 0 Å². The molecule has 1 aliphatic carbocycles. The number of hydrogen-bond donors (Lipinski definition) is 3. The number of benzene rings is 1. The highest BCUT2D eigenvalue weighted by Gasteiger charge is 2.20. The molecule has 0 aliphatic heterocycles. The summed E-state index contributed by atoms with van der Waals surface area (Å²) in [5.41, 5.74) is 8.04. The van der Waals surface area contributed by atoms with Crippen LogP contribution in [0.1, 0.15) is 22.6 Å². The molecule has 2 amide bonds. The number of aromatic nitrogens is 1. The molecule has 0 saturated heterocycles. The zero-order valence-corrected chi connectivity index (χ0v) is 12.6. The number of thiazole rings is 1. The van der Waals surface area contributed by atoms with Gasteiger partial charge < -0.3 is 11.1 Å². The first-order valence-electron chi connectivity index (χ1n) is 6.96. The second kappa shape index (κ2) is 6.13. The van der Waals surface area contributed by atoms with Gasteiger partial charge in [0.2, 0.25) is 0 Å². The molecule has 1 unspecified atom stereocenters. The van der Waals surface area contributed by atoms with Gasteiger partial charge in [-0.05, 0) is 37.5 Å². The van der Waals surface area contributed by atoms with Crippen LogP contribution in [0.4, 0.5) is 15.6 Å². The maximum absolute atomic E-state index is 12.0. The fourth-order valence-electron chi connectivity index (χ4n) is 2.38. The average Bonchev–Trinajstić information content (AvgIpc) is 2.88. The van der Waals surface area contributed by atoms with E-state index in [1.54, 1.807) is 24.3 Å². The number of nitrogens with zero attached hydrogens (tertiary/aromatic N) is 2. The molecule has 0 saturated carbocycles. The lowest BCUT2D eigenvalue weighted by Crippen LogP contribution is -2.27. The summed E-state index contributed by atoms with van der Waals surface area (Å²) >= 11 is 1.47. The van der Waals surface area contributed by atoms with E-state index in [4.69, 9.17) is 11.0 Å². The Hall–Kier alpha value is -2.43. The molecule has 0 fully saturated rings. The summed E-state index contributed by atoms with van der Waals surface area (Å²) in [5.74, 6) is 0. The smallest absolute Gasteiger partial charge is 0.325 e. The van der Waals surface area contributed by atoms with Crippen molar-refractivity contribution in [3.8, 4) is 6.07 Å². The van der Waals surface area contributed by atoms with Crippen LogP contribution in [0.3, 0.4) is 0 Å². The van der Waals surface area contributed by atoms with Crippen LogP contribution >= 0.6 is 11.3 Å². The van der Waals surface area contributed by atoms with E-state index in [-0.39, 0.29) is 12.1 Å². The summed E-state index contributed by atoms with van der Waals surface area (Å²) in [6.07, 6.45) is 2.62. The molecule has 1 heterocycles. The molecule has 0 spiro atoms. The minimum absolute atomic E-state index is 0.184. The number of urea groups is 1. The largest absolute Gasteiger partial charge is 0.327 e. The van der Waals surface area contributed by atoms with Crippen LogP contribution in [0.15, 0.2) is 24.3 Å². The monoisotopic (exact) mass is 313 g/mol. The number of amides is 2. The van der Waals surface area contributed by atoms with Crippen molar-refractivity contribution in [1.29, 1.82) is 5.26 Å². The molecule has 6 nitrogen and oxygen atoms in total. The van der Waals surface area contributed by atoms with Crippen molar-refractivity contribution in [2.45, 2.75) is 25.3 Å². The highest BCUT2D eigenvalue weighted by molar-refractivity contribution is 7.15. The van der Waals surface area contributed by atoms with Gasteiger partial charge in [-0.1, -0.05) is 6.07 Å². The third-order valence-electron chi connectivity index (χ3n) is 3.45. The van der Waals surface area contributed by atoms with Gasteiger partial charge in [0, 0.05) is 16.6 Å². The van der Waals surface area contributed by atoms with Gasteiger partial charge in [0.1, 0.15) is 0 Å². The van der Waals surface area contributed by atoms with Crippen molar-refractivity contribution in [2.24, 2.45) is 5.73 Å². The Kier molecular flexibility index (Phi) is 4.04. The van der Waals surface area contributed by atoms with E-state index in [9.17, 15) is 4.79 Å². The molecule has 22 heavy (non-hydrogen) atoms. The number of carbonyl (C=O) groups excluding carboxylic acids is 1. The minimum atomic E-state index is -0.370. The normalized spacial score (nSPS) is 16.5. The first-order chi connectivity index (χ1) is 10.6. The molecule has 1 atom stereocenters. The van der Waals surface area contributed by atoms with Crippen molar-refractivity contribution in [1.82, 2.24) is 4.98 Å². The van der Waals surface area contributed by atoms with E-state index in [1.165, 1.54) is 11.3 Å². The van der Waals surface area contributed by atoms with Gasteiger partial charge in [-0.15, -0.1) is 11.3 Å². The van der Waals surface area contributed by atoms with Gasteiger partial charge in [-0.3, -0.25) is 5.32 Å². The third kappa shape index (κ3) is 3.24. The molecular weight excluding hydrogens is 298 g/mol. The Morgan fingerprint density at radius 3 is 3.14 bits per heavy atom. The van der Waals surface area contributed by atoms with E-state index < -0.39 is 0 Å². The molecule has 1 aromatic heterocycles. The van der Waals surface area contributed by atoms with Crippen molar-refractivity contribution in [2.75, 3.05) is 10.6 Å². The number of nitriles is 1. The number of nitrogens with one attached hydrogen (secondary N) is 2. The molecule has 112 valence electrons. The second-order valence-corrected chi connectivity index (χ2v) is 6.25. The number of nitrogens with two attached hydrogens (primary N) is 1. The molecule has 0 bridgehead atoms. The maximum Gasteiger partial charge on any atom is 0.325 e. The van der Waals surface area contributed by atoms with Crippen molar-refractivity contribution in [3.05, 3.63) is 40.4 Å². The number of rotatable bonds is 2. The highest BCUT2D eigenvalue weighted by atomic mass is 32.1.